The van der Waals surface area contributed by atoms with Gasteiger partial charge in [0, 0.05) is 32.9 Å². The first-order chi connectivity index (χ1) is 14.8. The molecule has 0 saturated carbocycles. The van der Waals surface area contributed by atoms with Gasteiger partial charge >= 0.3 is 0 Å². The maximum Gasteiger partial charge on any atom is 0.244 e. The number of aromatic nitrogens is 1. The van der Waals surface area contributed by atoms with E-state index in [1.807, 2.05) is 12.1 Å². The van der Waals surface area contributed by atoms with Gasteiger partial charge in [-0.15, -0.1) is 0 Å². The van der Waals surface area contributed by atoms with Crippen LogP contribution in [0.4, 0.5) is 0 Å². The molecule has 0 aliphatic heterocycles. The predicted octanol–water partition coefficient (Wildman–Crippen LogP) is 2.88. The fourth-order valence-electron chi connectivity index (χ4n) is 2.90. The van der Waals surface area contributed by atoms with Gasteiger partial charge in [0.2, 0.25) is 15.9 Å². The molecule has 0 saturated heterocycles. The van der Waals surface area contributed by atoms with Crippen LogP contribution in [0, 0.1) is 0 Å². The zero-order chi connectivity index (χ0) is 23.0. The van der Waals surface area contributed by atoms with E-state index in [1.54, 1.807) is 52.1 Å². The number of hydrogen-bond acceptors (Lipinski definition) is 7. The number of sulfonamides is 1. The summed E-state index contributed by atoms with van der Waals surface area (Å²) in [5.74, 6) is 1.37. The summed E-state index contributed by atoms with van der Waals surface area (Å²) in [6.45, 7) is 4.81. The number of amides is 1. The minimum Gasteiger partial charge on any atom is -0.493 e. The van der Waals surface area contributed by atoms with Crippen LogP contribution in [-0.4, -0.2) is 68.6 Å². The van der Waals surface area contributed by atoms with Gasteiger partial charge in [-0.2, -0.15) is 4.31 Å². The number of methoxy groups -OCH3 is 2. The van der Waals surface area contributed by atoms with Crippen molar-refractivity contribution in [3.8, 4) is 11.5 Å². The number of thioether (sulfide) groups is 1. The molecule has 0 fully saturated rings. The molecule has 0 N–H and O–H groups in total. The maximum atomic E-state index is 12.5. The number of ether oxygens (including phenoxy) is 2. The van der Waals surface area contributed by atoms with Gasteiger partial charge in [-0.3, -0.25) is 4.79 Å². The van der Waals surface area contributed by atoms with Gasteiger partial charge in [-0.1, -0.05) is 31.7 Å². The van der Waals surface area contributed by atoms with Crippen molar-refractivity contribution < 1.29 is 22.7 Å². The first kappa shape index (κ1) is 25.0. The molecule has 0 unspecified atom stereocenters. The Balaban J connectivity index is 1.96. The highest BCUT2D eigenvalue weighted by Gasteiger charge is 2.22. The van der Waals surface area contributed by atoms with Crippen LogP contribution in [-0.2, 0) is 21.4 Å². The third kappa shape index (κ3) is 6.34. The molecule has 0 spiro atoms. The molecule has 2 aromatic rings. The molecule has 1 aromatic carbocycles. The summed E-state index contributed by atoms with van der Waals surface area (Å²) in [5, 5.41) is 0.589. The third-order valence-corrected chi connectivity index (χ3v) is 7.65. The molecule has 1 amide bonds. The molecule has 0 bridgehead atoms. The third-order valence-electron chi connectivity index (χ3n) is 4.69. The van der Waals surface area contributed by atoms with Gasteiger partial charge in [0.1, 0.15) is 4.90 Å². The average molecular weight is 468 g/mol. The van der Waals surface area contributed by atoms with Gasteiger partial charge < -0.3 is 14.4 Å². The molecule has 0 atom stereocenters. The Labute approximate surface area is 188 Å². The number of carbonyl (C=O) groups is 1. The van der Waals surface area contributed by atoms with Crippen molar-refractivity contribution in [2.45, 2.75) is 30.3 Å². The molecule has 0 aliphatic rings. The molecule has 8 nitrogen and oxygen atoms in total. The Kier molecular flexibility index (Phi) is 9.15. The largest absolute Gasteiger partial charge is 0.493 e. The van der Waals surface area contributed by atoms with Crippen LogP contribution in [0.1, 0.15) is 19.4 Å². The molecule has 1 heterocycles. The lowest BCUT2D eigenvalue weighted by molar-refractivity contribution is -0.127. The van der Waals surface area contributed by atoms with Crippen LogP contribution in [0.5, 0.6) is 11.5 Å². The molecular formula is C21H29N3O5S2. The Morgan fingerprint density at radius 1 is 1.06 bits per heavy atom. The second kappa shape index (κ2) is 11.4. The molecule has 2 rings (SSSR count). The van der Waals surface area contributed by atoms with E-state index in [1.165, 1.54) is 28.3 Å². The lowest BCUT2D eigenvalue weighted by atomic mass is 10.2. The number of nitrogens with zero attached hydrogens (tertiary/aromatic N) is 3. The van der Waals surface area contributed by atoms with Crippen molar-refractivity contribution in [1.29, 1.82) is 0 Å². The van der Waals surface area contributed by atoms with E-state index in [-0.39, 0.29) is 16.6 Å². The maximum absolute atomic E-state index is 12.5. The number of benzene rings is 1. The second-order valence-corrected chi connectivity index (χ2v) is 9.58. The zero-order valence-electron chi connectivity index (χ0n) is 18.5. The van der Waals surface area contributed by atoms with E-state index >= 15 is 0 Å². The number of rotatable bonds is 11. The van der Waals surface area contributed by atoms with Gasteiger partial charge in [-0.05, 0) is 29.8 Å². The van der Waals surface area contributed by atoms with Crippen molar-refractivity contribution in [3.63, 3.8) is 0 Å². The molecule has 0 radical (unpaired) electrons. The van der Waals surface area contributed by atoms with Crippen molar-refractivity contribution in [2.24, 2.45) is 0 Å². The monoisotopic (exact) mass is 467 g/mol. The van der Waals surface area contributed by atoms with Gasteiger partial charge in [0.25, 0.3) is 0 Å². The van der Waals surface area contributed by atoms with Crippen LogP contribution < -0.4 is 9.47 Å². The van der Waals surface area contributed by atoms with E-state index in [4.69, 9.17) is 9.47 Å². The minimum absolute atomic E-state index is 0.0681. The fourth-order valence-corrected chi connectivity index (χ4v) is 5.09. The van der Waals surface area contributed by atoms with Gasteiger partial charge in [-0.25, -0.2) is 13.4 Å². The average Bonchev–Trinajstić information content (AvgIpc) is 2.78. The minimum atomic E-state index is -3.54. The SMILES string of the molecule is CCN(CC)S(=O)(=O)c1ccc(SCC(=O)N(C)Cc2ccc(OC)c(OC)c2)nc1. The highest BCUT2D eigenvalue weighted by molar-refractivity contribution is 7.99. The normalized spacial score (nSPS) is 11.4. The van der Waals surface area contributed by atoms with Gasteiger partial charge in [0.05, 0.1) is 25.0 Å². The van der Waals surface area contributed by atoms with E-state index in [9.17, 15) is 13.2 Å². The molecule has 170 valence electrons. The Hall–Kier alpha value is -2.30. The summed E-state index contributed by atoms with van der Waals surface area (Å²) in [4.78, 5) is 18.5. The zero-order valence-corrected chi connectivity index (χ0v) is 20.1. The van der Waals surface area contributed by atoms with Crippen LogP contribution in [0.15, 0.2) is 46.5 Å². The highest BCUT2D eigenvalue weighted by atomic mass is 32.2. The Morgan fingerprint density at radius 3 is 2.29 bits per heavy atom. The van der Waals surface area contributed by atoms with E-state index in [2.05, 4.69) is 4.98 Å². The summed E-state index contributed by atoms with van der Waals surface area (Å²) in [6, 6.07) is 8.68. The van der Waals surface area contributed by atoms with Crippen LogP contribution in [0.25, 0.3) is 0 Å². The van der Waals surface area contributed by atoms with Crippen molar-refractivity contribution in [3.05, 3.63) is 42.1 Å². The second-order valence-electron chi connectivity index (χ2n) is 6.65. The molecule has 31 heavy (non-hydrogen) atoms. The lowest BCUT2D eigenvalue weighted by Crippen LogP contribution is -2.30. The summed E-state index contributed by atoms with van der Waals surface area (Å²) in [7, 11) is 1.33. The molecule has 10 heteroatoms. The van der Waals surface area contributed by atoms with Crippen LogP contribution in [0.3, 0.4) is 0 Å². The van der Waals surface area contributed by atoms with Crippen LogP contribution in [0.2, 0.25) is 0 Å². The number of pyridine rings is 1. The highest BCUT2D eigenvalue weighted by Crippen LogP contribution is 2.28. The fraction of sp³-hybridized carbons (Fsp3) is 0.429. The topological polar surface area (TPSA) is 89.0 Å². The first-order valence-electron chi connectivity index (χ1n) is 9.80. The standard InChI is InChI=1S/C21H29N3O5S2/c1-6-24(7-2)31(26,27)17-9-11-20(22-13-17)30-15-21(25)23(3)14-16-8-10-18(28-4)19(12-16)29-5/h8-13H,6-7,14-15H2,1-5H3. The smallest absolute Gasteiger partial charge is 0.244 e. The molecular weight excluding hydrogens is 438 g/mol. The molecule has 1 aromatic heterocycles. The summed E-state index contributed by atoms with van der Waals surface area (Å²) >= 11 is 1.26. The number of hydrogen-bond donors (Lipinski definition) is 0. The van der Waals surface area contributed by atoms with E-state index in [0.717, 1.165) is 5.56 Å². The molecule has 0 aliphatic carbocycles. The van der Waals surface area contributed by atoms with Crippen molar-refractivity contribution >= 4 is 27.7 Å². The first-order valence-corrected chi connectivity index (χ1v) is 12.2. The van der Waals surface area contributed by atoms with Crippen molar-refractivity contribution in [2.75, 3.05) is 40.1 Å². The van der Waals surface area contributed by atoms with E-state index < -0.39 is 10.0 Å². The quantitative estimate of drug-likeness (QED) is 0.470. The van der Waals surface area contributed by atoms with Crippen molar-refractivity contribution in [1.82, 2.24) is 14.2 Å². The van der Waals surface area contributed by atoms with E-state index in [0.29, 0.717) is 36.2 Å². The summed E-state index contributed by atoms with van der Waals surface area (Å²) in [6.07, 6.45) is 1.34. The lowest BCUT2D eigenvalue weighted by Gasteiger charge is -2.19. The van der Waals surface area contributed by atoms with Crippen LogP contribution >= 0.6 is 11.8 Å². The Bertz CT molecular complexity index is 977. The van der Waals surface area contributed by atoms with Gasteiger partial charge in [0.15, 0.2) is 11.5 Å². The number of carbonyl (C=O) groups excluding carboxylic acids is 1. The predicted molar refractivity (Wildman–Crippen MR) is 121 cm³/mol. The summed E-state index contributed by atoms with van der Waals surface area (Å²) < 4.78 is 37.0. The summed E-state index contributed by atoms with van der Waals surface area (Å²) in [5.41, 5.74) is 0.919. The Morgan fingerprint density at radius 2 is 1.74 bits per heavy atom.